The van der Waals surface area contributed by atoms with E-state index in [-0.39, 0.29) is 35.9 Å². The Bertz CT molecular complexity index is 549. The quantitative estimate of drug-likeness (QED) is 0.342. The zero-order valence-corrected chi connectivity index (χ0v) is 16.5. The molecular weight excluding hydrogens is 409 g/mol. The van der Waals surface area contributed by atoms with Crippen LogP contribution in [0.5, 0.6) is 0 Å². The van der Waals surface area contributed by atoms with Crippen LogP contribution in [0.15, 0.2) is 15.5 Å². The molecule has 2 heterocycles. The molecule has 7 heteroatoms. The van der Waals surface area contributed by atoms with Crippen LogP contribution in [-0.4, -0.2) is 44.1 Å². The summed E-state index contributed by atoms with van der Waals surface area (Å²) in [6, 6.07) is 2.04. The highest BCUT2D eigenvalue weighted by atomic mass is 127. The van der Waals surface area contributed by atoms with Gasteiger partial charge in [0.05, 0.1) is 13.0 Å². The fraction of sp³-hybridized carbons (Fsp3) is 0.625. The Morgan fingerprint density at radius 3 is 2.57 bits per heavy atom. The number of aryl methyl sites for hydroxylation is 2. The Hall–Kier alpha value is -1.25. The molecule has 1 aromatic heterocycles. The number of rotatable bonds is 3. The van der Waals surface area contributed by atoms with Crippen LogP contribution in [0.4, 0.5) is 0 Å². The number of hydrogen-bond acceptors (Lipinski definition) is 4. The molecule has 130 valence electrons. The number of nitrogens with one attached hydrogen (secondary N) is 1. The number of halogens is 1. The third-order valence-electron chi connectivity index (χ3n) is 4.12. The Balaban J connectivity index is 0.00000264. The van der Waals surface area contributed by atoms with Crippen molar-refractivity contribution in [2.75, 3.05) is 27.2 Å². The predicted molar refractivity (Wildman–Crippen MR) is 100 cm³/mol. The molecule has 1 fully saturated rings. The number of esters is 1. The first kappa shape index (κ1) is 19.8. The van der Waals surface area contributed by atoms with Gasteiger partial charge in [0.25, 0.3) is 0 Å². The number of carbonyl (C=O) groups is 1. The second kappa shape index (κ2) is 9.14. The molecule has 1 aliphatic heterocycles. The van der Waals surface area contributed by atoms with E-state index in [1.165, 1.54) is 7.11 Å². The number of methoxy groups -OCH3 is 1. The Morgan fingerprint density at radius 2 is 2.09 bits per heavy atom. The molecule has 2 rings (SSSR count). The van der Waals surface area contributed by atoms with E-state index in [1.54, 1.807) is 7.05 Å². The fourth-order valence-electron chi connectivity index (χ4n) is 2.86. The van der Waals surface area contributed by atoms with Gasteiger partial charge in [0.15, 0.2) is 5.96 Å². The molecule has 1 aromatic rings. The van der Waals surface area contributed by atoms with Crippen molar-refractivity contribution in [2.24, 2.45) is 10.9 Å². The molecule has 0 radical (unpaired) electrons. The van der Waals surface area contributed by atoms with Gasteiger partial charge in [-0.3, -0.25) is 9.79 Å². The van der Waals surface area contributed by atoms with E-state index in [9.17, 15) is 4.79 Å². The third-order valence-corrected chi connectivity index (χ3v) is 4.12. The summed E-state index contributed by atoms with van der Waals surface area (Å²) in [5.41, 5.74) is 1.14. The molecule has 1 saturated heterocycles. The Morgan fingerprint density at radius 1 is 1.43 bits per heavy atom. The van der Waals surface area contributed by atoms with Gasteiger partial charge in [-0.1, -0.05) is 0 Å². The molecule has 1 N–H and O–H groups in total. The number of guanidine groups is 1. The first-order valence-electron chi connectivity index (χ1n) is 7.64. The maximum Gasteiger partial charge on any atom is 0.308 e. The Kier molecular flexibility index (Phi) is 7.87. The Labute approximate surface area is 154 Å². The second-order valence-electron chi connectivity index (χ2n) is 5.62. The second-order valence-corrected chi connectivity index (χ2v) is 5.62. The predicted octanol–water partition coefficient (Wildman–Crippen LogP) is 2.47. The molecule has 1 aliphatic rings. The number of ether oxygens (including phenoxy) is 1. The maximum absolute atomic E-state index is 11.6. The van der Waals surface area contributed by atoms with Crippen molar-refractivity contribution in [1.82, 2.24) is 10.2 Å². The standard InChI is InChI=1S/C16H25N3O3.HI/c1-11-9-14(12(2)22-11)10-18-16(17-3)19-7-5-13(6-8-19)15(20)21-4;/h9,13H,5-8,10H2,1-4H3,(H,17,18);1H. The van der Waals surface area contributed by atoms with Crippen molar-refractivity contribution in [2.45, 2.75) is 33.2 Å². The SMILES string of the molecule is CN=C(NCc1cc(C)oc1C)N1CCC(C(=O)OC)CC1.I. The van der Waals surface area contributed by atoms with Crippen LogP contribution in [0.25, 0.3) is 0 Å². The van der Waals surface area contributed by atoms with Crippen LogP contribution in [0.1, 0.15) is 29.9 Å². The van der Waals surface area contributed by atoms with Crippen molar-refractivity contribution < 1.29 is 13.9 Å². The number of nitrogens with zero attached hydrogens (tertiary/aromatic N) is 2. The smallest absolute Gasteiger partial charge is 0.308 e. The highest BCUT2D eigenvalue weighted by Crippen LogP contribution is 2.19. The summed E-state index contributed by atoms with van der Waals surface area (Å²) < 4.78 is 10.4. The lowest BCUT2D eigenvalue weighted by molar-refractivity contribution is -0.146. The molecule has 23 heavy (non-hydrogen) atoms. The van der Waals surface area contributed by atoms with Gasteiger partial charge in [0, 0.05) is 32.2 Å². The molecule has 0 atom stereocenters. The number of carbonyl (C=O) groups excluding carboxylic acids is 1. The van der Waals surface area contributed by atoms with Gasteiger partial charge in [-0.25, -0.2) is 0 Å². The number of hydrogen-bond donors (Lipinski definition) is 1. The average molecular weight is 435 g/mol. The number of likely N-dealkylation sites (tertiary alicyclic amines) is 1. The summed E-state index contributed by atoms with van der Waals surface area (Å²) >= 11 is 0. The van der Waals surface area contributed by atoms with Crippen molar-refractivity contribution in [1.29, 1.82) is 0 Å². The van der Waals surface area contributed by atoms with Crippen LogP contribution in [-0.2, 0) is 16.1 Å². The molecule has 0 unspecified atom stereocenters. The van der Waals surface area contributed by atoms with E-state index < -0.39 is 0 Å². The lowest BCUT2D eigenvalue weighted by atomic mass is 9.97. The summed E-state index contributed by atoms with van der Waals surface area (Å²) in [6.07, 6.45) is 1.61. The lowest BCUT2D eigenvalue weighted by Gasteiger charge is -2.33. The lowest BCUT2D eigenvalue weighted by Crippen LogP contribution is -2.46. The van der Waals surface area contributed by atoms with Gasteiger partial charge >= 0.3 is 5.97 Å². The van der Waals surface area contributed by atoms with E-state index in [0.717, 1.165) is 49.0 Å². The van der Waals surface area contributed by atoms with Crippen LogP contribution in [0.2, 0.25) is 0 Å². The van der Waals surface area contributed by atoms with Crippen LogP contribution in [0.3, 0.4) is 0 Å². The average Bonchev–Trinajstić information content (AvgIpc) is 2.85. The van der Waals surface area contributed by atoms with Gasteiger partial charge in [0.1, 0.15) is 11.5 Å². The molecular formula is C16H26IN3O3. The fourth-order valence-corrected chi connectivity index (χ4v) is 2.86. The van der Waals surface area contributed by atoms with Gasteiger partial charge in [-0.05, 0) is 32.8 Å². The molecule has 6 nitrogen and oxygen atoms in total. The van der Waals surface area contributed by atoms with Crippen molar-refractivity contribution >= 4 is 35.9 Å². The number of piperidine rings is 1. The van der Waals surface area contributed by atoms with Crippen LogP contribution < -0.4 is 5.32 Å². The molecule has 0 bridgehead atoms. The molecule has 0 aromatic carbocycles. The molecule has 0 saturated carbocycles. The van der Waals surface area contributed by atoms with Gasteiger partial charge < -0.3 is 19.4 Å². The third kappa shape index (κ3) is 5.12. The van der Waals surface area contributed by atoms with Gasteiger partial charge in [-0.15, -0.1) is 24.0 Å². The summed E-state index contributed by atoms with van der Waals surface area (Å²) in [4.78, 5) is 18.1. The van der Waals surface area contributed by atoms with Gasteiger partial charge in [-0.2, -0.15) is 0 Å². The van der Waals surface area contributed by atoms with E-state index in [0.29, 0.717) is 6.54 Å². The largest absolute Gasteiger partial charge is 0.469 e. The summed E-state index contributed by atoms with van der Waals surface area (Å²) in [5, 5.41) is 3.37. The van der Waals surface area contributed by atoms with Crippen molar-refractivity contribution in [3.63, 3.8) is 0 Å². The normalized spacial score (nSPS) is 16.0. The first-order valence-corrected chi connectivity index (χ1v) is 7.64. The monoisotopic (exact) mass is 435 g/mol. The highest BCUT2D eigenvalue weighted by molar-refractivity contribution is 14.0. The first-order chi connectivity index (χ1) is 10.5. The minimum atomic E-state index is -0.105. The summed E-state index contributed by atoms with van der Waals surface area (Å²) in [5.74, 6) is 2.62. The molecule has 0 aliphatic carbocycles. The minimum Gasteiger partial charge on any atom is -0.469 e. The van der Waals surface area contributed by atoms with E-state index >= 15 is 0 Å². The maximum atomic E-state index is 11.6. The van der Waals surface area contributed by atoms with Gasteiger partial charge in [0.2, 0.25) is 0 Å². The zero-order valence-electron chi connectivity index (χ0n) is 14.2. The number of furan rings is 1. The number of aliphatic imine (C=N–C) groups is 1. The summed E-state index contributed by atoms with van der Waals surface area (Å²) in [7, 11) is 3.23. The van der Waals surface area contributed by atoms with E-state index in [1.807, 2.05) is 19.9 Å². The van der Waals surface area contributed by atoms with Crippen LogP contribution in [0, 0.1) is 19.8 Å². The molecule has 0 amide bonds. The highest BCUT2D eigenvalue weighted by Gasteiger charge is 2.26. The van der Waals surface area contributed by atoms with Crippen molar-refractivity contribution in [3.8, 4) is 0 Å². The topological polar surface area (TPSA) is 67.1 Å². The minimum absolute atomic E-state index is 0. The van der Waals surface area contributed by atoms with Crippen LogP contribution >= 0.6 is 24.0 Å². The van der Waals surface area contributed by atoms with E-state index in [4.69, 9.17) is 9.15 Å². The van der Waals surface area contributed by atoms with E-state index in [2.05, 4.69) is 15.2 Å². The van der Waals surface area contributed by atoms with Crippen molar-refractivity contribution in [3.05, 3.63) is 23.2 Å². The zero-order chi connectivity index (χ0) is 16.1. The summed E-state index contributed by atoms with van der Waals surface area (Å²) in [6.45, 7) is 6.22. The molecule has 0 spiro atoms.